The van der Waals surface area contributed by atoms with Crippen LogP contribution in [0.1, 0.15) is 16.1 Å². The van der Waals surface area contributed by atoms with Gasteiger partial charge in [0, 0.05) is 10.7 Å². The van der Waals surface area contributed by atoms with E-state index in [1.165, 1.54) is 6.07 Å². The first-order valence-electron chi connectivity index (χ1n) is 5.22. The molecule has 1 aromatic carbocycles. The van der Waals surface area contributed by atoms with Crippen LogP contribution >= 0.6 is 15.9 Å². The fourth-order valence-electron chi connectivity index (χ4n) is 1.41. The molecule has 5 heteroatoms. The summed E-state index contributed by atoms with van der Waals surface area (Å²) in [5, 5.41) is 9.00. The van der Waals surface area contributed by atoms with Crippen molar-refractivity contribution in [3.05, 3.63) is 58.3 Å². The molecular formula is C13H10BrNO3. The highest BCUT2D eigenvalue weighted by Crippen LogP contribution is 2.19. The number of carboxylic acid groups (broad SMARTS) is 1. The molecule has 0 aliphatic rings. The third kappa shape index (κ3) is 3.07. The zero-order valence-electron chi connectivity index (χ0n) is 9.34. The summed E-state index contributed by atoms with van der Waals surface area (Å²) < 4.78 is 6.35. The van der Waals surface area contributed by atoms with E-state index in [1.54, 1.807) is 24.4 Å². The first kappa shape index (κ1) is 12.6. The van der Waals surface area contributed by atoms with E-state index >= 15 is 0 Å². The average molecular weight is 308 g/mol. The predicted molar refractivity (Wildman–Crippen MR) is 69.7 cm³/mol. The SMILES string of the molecule is O=C(O)c1ccccc1OCc1ccc(Br)cn1. The van der Waals surface area contributed by atoms with E-state index in [-0.39, 0.29) is 12.2 Å². The van der Waals surface area contributed by atoms with E-state index in [0.717, 1.165) is 10.2 Å². The number of aromatic carboxylic acids is 1. The molecule has 2 aromatic rings. The van der Waals surface area contributed by atoms with Crippen molar-refractivity contribution in [2.45, 2.75) is 6.61 Å². The number of benzene rings is 1. The molecule has 0 radical (unpaired) electrons. The molecular weight excluding hydrogens is 298 g/mol. The second-order valence-electron chi connectivity index (χ2n) is 3.56. The number of para-hydroxylation sites is 1. The van der Waals surface area contributed by atoms with E-state index in [0.29, 0.717) is 5.75 Å². The quantitative estimate of drug-likeness (QED) is 0.943. The van der Waals surface area contributed by atoms with E-state index in [2.05, 4.69) is 20.9 Å². The molecule has 0 unspecified atom stereocenters. The molecule has 1 N–H and O–H groups in total. The van der Waals surface area contributed by atoms with Crippen LogP contribution in [-0.2, 0) is 6.61 Å². The Morgan fingerprint density at radius 3 is 2.72 bits per heavy atom. The summed E-state index contributed by atoms with van der Waals surface area (Å²) in [7, 11) is 0. The van der Waals surface area contributed by atoms with Gasteiger partial charge in [-0.2, -0.15) is 0 Å². The molecule has 0 fully saturated rings. The van der Waals surface area contributed by atoms with Gasteiger partial charge in [-0.15, -0.1) is 0 Å². The smallest absolute Gasteiger partial charge is 0.339 e. The Hall–Kier alpha value is -1.88. The molecule has 2 rings (SSSR count). The van der Waals surface area contributed by atoms with Crippen molar-refractivity contribution in [3.8, 4) is 5.75 Å². The molecule has 0 atom stereocenters. The van der Waals surface area contributed by atoms with Gasteiger partial charge in [-0.05, 0) is 40.2 Å². The number of carboxylic acids is 1. The Bertz CT molecular complexity index is 554. The Balaban J connectivity index is 2.10. The van der Waals surface area contributed by atoms with Gasteiger partial charge < -0.3 is 9.84 Å². The second-order valence-corrected chi connectivity index (χ2v) is 4.47. The van der Waals surface area contributed by atoms with Gasteiger partial charge >= 0.3 is 5.97 Å². The number of aromatic nitrogens is 1. The lowest BCUT2D eigenvalue weighted by Crippen LogP contribution is -2.04. The third-order valence-corrected chi connectivity index (χ3v) is 2.75. The van der Waals surface area contributed by atoms with Crippen molar-refractivity contribution in [1.82, 2.24) is 4.98 Å². The zero-order valence-corrected chi connectivity index (χ0v) is 10.9. The molecule has 1 heterocycles. The van der Waals surface area contributed by atoms with Crippen LogP contribution in [0.3, 0.4) is 0 Å². The Labute approximate surface area is 112 Å². The zero-order chi connectivity index (χ0) is 13.0. The maximum Gasteiger partial charge on any atom is 0.339 e. The van der Waals surface area contributed by atoms with Gasteiger partial charge in [-0.3, -0.25) is 4.98 Å². The van der Waals surface area contributed by atoms with Crippen LogP contribution < -0.4 is 4.74 Å². The predicted octanol–water partition coefficient (Wildman–Crippen LogP) is 3.12. The number of rotatable bonds is 4. The molecule has 0 saturated carbocycles. The largest absolute Gasteiger partial charge is 0.486 e. The van der Waals surface area contributed by atoms with Gasteiger partial charge in [0.15, 0.2) is 0 Å². The van der Waals surface area contributed by atoms with Crippen LogP contribution in [0.5, 0.6) is 5.75 Å². The lowest BCUT2D eigenvalue weighted by atomic mass is 10.2. The topological polar surface area (TPSA) is 59.4 Å². The number of ether oxygens (including phenoxy) is 1. The van der Waals surface area contributed by atoms with Crippen LogP contribution in [-0.4, -0.2) is 16.1 Å². The molecule has 0 spiro atoms. The van der Waals surface area contributed by atoms with Crippen LogP contribution in [0.15, 0.2) is 47.1 Å². The minimum atomic E-state index is -1.01. The standard InChI is InChI=1S/C13H10BrNO3/c14-9-5-6-10(15-7-9)8-18-12-4-2-1-3-11(12)13(16)17/h1-7H,8H2,(H,16,17). The first-order chi connectivity index (χ1) is 8.66. The Morgan fingerprint density at radius 2 is 2.06 bits per heavy atom. The van der Waals surface area contributed by atoms with Gasteiger partial charge in [0.05, 0.1) is 5.69 Å². The van der Waals surface area contributed by atoms with Gasteiger partial charge in [0.25, 0.3) is 0 Å². The highest BCUT2D eigenvalue weighted by Gasteiger charge is 2.10. The summed E-state index contributed by atoms with van der Waals surface area (Å²) in [5.41, 5.74) is 0.882. The highest BCUT2D eigenvalue weighted by molar-refractivity contribution is 9.10. The summed E-state index contributed by atoms with van der Waals surface area (Å²) >= 11 is 3.29. The number of carbonyl (C=O) groups is 1. The van der Waals surface area contributed by atoms with E-state index < -0.39 is 5.97 Å². The molecule has 92 valence electrons. The van der Waals surface area contributed by atoms with E-state index in [9.17, 15) is 4.79 Å². The molecule has 4 nitrogen and oxygen atoms in total. The maximum atomic E-state index is 11.0. The summed E-state index contributed by atoms with van der Waals surface area (Å²) in [5.74, 6) is -0.663. The van der Waals surface area contributed by atoms with Gasteiger partial charge in [-0.1, -0.05) is 12.1 Å². The highest BCUT2D eigenvalue weighted by atomic mass is 79.9. The van der Waals surface area contributed by atoms with Crippen LogP contribution in [0, 0.1) is 0 Å². The number of halogens is 1. The van der Waals surface area contributed by atoms with Crippen molar-refractivity contribution in [2.24, 2.45) is 0 Å². The van der Waals surface area contributed by atoms with Gasteiger partial charge in [0.2, 0.25) is 0 Å². The van der Waals surface area contributed by atoms with Crippen molar-refractivity contribution in [2.75, 3.05) is 0 Å². The van der Waals surface area contributed by atoms with E-state index in [1.807, 2.05) is 12.1 Å². The minimum Gasteiger partial charge on any atom is -0.486 e. The molecule has 1 aromatic heterocycles. The van der Waals surface area contributed by atoms with Gasteiger partial charge in [-0.25, -0.2) is 4.79 Å². The number of pyridine rings is 1. The summed E-state index contributed by atoms with van der Waals surface area (Å²) in [6.07, 6.45) is 1.67. The van der Waals surface area contributed by atoms with Gasteiger partial charge in [0.1, 0.15) is 17.9 Å². The van der Waals surface area contributed by atoms with Crippen LogP contribution in [0.4, 0.5) is 0 Å². The van der Waals surface area contributed by atoms with Crippen molar-refractivity contribution in [1.29, 1.82) is 0 Å². The van der Waals surface area contributed by atoms with Crippen LogP contribution in [0.2, 0.25) is 0 Å². The van der Waals surface area contributed by atoms with Crippen molar-refractivity contribution in [3.63, 3.8) is 0 Å². The van der Waals surface area contributed by atoms with Crippen molar-refractivity contribution < 1.29 is 14.6 Å². The third-order valence-electron chi connectivity index (χ3n) is 2.28. The maximum absolute atomic E-state index is 11.0. The normalized spacial score (nSPS) is 10.1. The Morgan fingerprint density at radius 1 is 1.28 bits per heavy atom. The molecule has 0 aliphatic carbocycles. The molecule has 0 amide bonds. The Kier molecular flexibility index (Phi) is 3.94. The fraction of sp³-hybridized carbons (Fsp3) is 0.0769. The molecule has 0 saturated heterocycles. The summed E-state index contributed by atoms with van der Waals surface area (Å²) in [6, 6.07) is 10.2. The summed E-state index contributed by atoms with van der Waals surface area (Å²) in [6.45, 7) is 0.234. The molecule has 0 bridgehead atoms. The number of hydrogen-bond donors (Lipinski definition) is 1. The fourth-order valence-corrected chi connectivity index (χ4v) is 1.65. The number of nitrogens with zero attached hydrogens (tertiary/aromatic N) is 1. The average Bonchev–Trinajstić information content (AvgIpc) is 2.38. The summed E-state index contributed by atoms with van der Waals surface area (Å²) in [4.78, 5) is 15.1. The molecule has 18 heavy (non-hydrogen) atoms. The number of hydrogen-bond acceptors (Lipinski definition) is 3. The monoisotopic (exact) mass is 307 g/mol. The van der Waals surface area contributed by atoms with E-state index in [4.69, 9.17) is 9.84 Å². The minimum absolute atomic E-state index is 0.148. The lowest BCUT2D eigenvalue weighted by Gasteiger charge is -2.08. The lowest BCUT2D eigenvalue weighted by molar-refractivity contribution is 0.0691. The second kappa shape index (κ2) is 5.64. The van der Waals surface area contributed by atoms with Crippen LogP contribution in [0.25, 0.3) is 0 Å². The molecule has 0 aliphatic heterocycles. The van der Waals surface area contributed by atoms with Crippen molar-refractivity contribution >= 4 is 21.9 Å². The first-order valence-corrected chi connectivity index (χ1v) is 6.01.